The quantitative estimate of drug-likeness (QED) is 0.857. The Kier molecular flexibility index (Phi) is 4.48. The van der Waals surface area contributed by atoms with Gasteiger partial charge >= 0.3 is 5.97 Å². The molecule has 20 heavy (non-hydrogen) atoms. The van der Waals surface area contributed by atoms with E-state index in [1.54, 1.807) is 0 Å². The Morgan fingerprint density at radius 2 is 1.90 bits per heavy atom. The molecule has 0 spiro atoms. The van der Waals surface area contributed by atoms with Gasteiger partial charge in [0.2, 0.25) is 0 Å². The van der Waals surface area contributed by atoms with E-state index in [0.717, 1.165) is 12.8 Å². The number of hydrogen-bond acceptors (Lipinski definition) is 3. The zero-order chi connectivity index (χ0) is 14.8. The molecule has 3 heteroatoms. The number of ether oxygens (including phenoxy) is 1. The number of hydrogen-bond donors (Lipinski definition) is 1. The highest BCUT2D eigenvalue weighted by atomic mass is 16.6. The molecule has 0 aliphatic heterocycles. The van der Waals surface area contributed by atoms with Gasteiger partial charge in [0.15, 0.2) is 0 Å². The summed E-state index contributed by atoms with van der Waals surface area (Å²) < 4.78 is 5.34. The van der Waals surface area contributed by atoms with Crippen LogP contribution in [-0.2, 0) is 9.53 Å². The summed E-state index contributed by atoms with van der Waals surface area (Å²) in [5.41, 5.74) is 2.31. The third-order valence-electron chi connectivity index (χ3n) is 3.70. The van der Waals surface area contributed by atoms with Crippen molar-refractivity contribution in [1.82, 2.24) is 5.32 Å². The van der Waals surface area contributed by atoms with Crippen molar-refractivity contribution >= 4 is 5.97 Å². The van der Waals surface area contributed by atoms with Gasteiger partial charge in [0.1, 0.15) is 5.60 Å². The van der Waals surface area contributed by atoms with Crippen LogP contribution >= 0.6 is 0 Å². The standard InChI is InChI=1S/C17H25NO2/c1-12-9-10-15(14-8-6-5-7-13(12)14)18-11-16(19)20-17(2,3)4/h5-8,12,15,18H,9-11H2,1-4H3. The van der Waals surface area contributed by atoms with Crippen LogP contribution in [0.25, 0.3) is 0 Å². The monoisotopic (exact) mass is 275 g/mol. The van der Waals surface area contributed by atoms with Crippen LogP contribution in [0.3, 0.4) is 0 Å². The van der Waals surface area contributed by atoms with Gasteiger partial charge in [0.05, 0.1) is 6.54 Å². The largest absolute Gasteiger partial charge is 0.459 e. The molecule has 1 aromatic rings. The lowest BCUT2D eigenvalue weighted by atomic mass is 9.81. The second kappa shape index (κ2) is 5.96. The minimum absolute atomic E-state index is 0.186. The Labute approximate surface area is 121 Å². The molecule has 0 bridgehead atoms. The molecule has 0 amide bonds. The number of carbonyl (C=O) groups excluding carboxylic acids is 1. The molecule has 110 valence electrons. The minimum Gasteiger partial charge on any atom is -0.459 e. The molecule has 1 N–H and O–H groups in total. The summed E-state index contributed by atoms with van der Waals surface area (Å²) in [6.45, 7) is 8.21. The highest BCUT2D eigenvalue weighted by Crippen LogP contribution is 2.36. The van der Waals surface area contributed by atoms with Crippen molar-refractivity contribution in [3.8, 4) is 0 Å². The van der Waals surface area contributed by atoms with Gasteiger partial charge in [-0.05, 0) is 50.7 Å². The second-order valence-corrected chi connectivity index (χ2v) is 6.63. The maximum absolute atomic E-state index is 11.8. The highest BCUT2D eigenvalue weighted by Gasteiger charge is 2.25. The topological polar surface area (TPSA) is 38.3 Å². The van der Waals surface area contributed by atoms with E-state index in [0.29, 0.717) is 5.92 Å². The van der Waals surface area contributed by atoms with Gasteiger partial charge in [-0.1, -0.05) is 31.2 Å². The highest BCUT2D eigenvalue weighted by molar-refractivity contribution is 5.72. The molecule has 1 aliphatic rings. The SMILES string of the molecule is CC1CCC(NCC(=O)OC(C)(C)C)c2ccccc21. The van der Waals surface area contributed by atoms with Crippen LogP contribution in [0.15, 0.2) is 24.3 Å². The van der Waals surface area contributed by atoms with Crippen LogP contribution in [0.5, 0.6) is 0 Å². The van der Waals surface area contributed by atoms with E-state index in [-0.39, 0.29) is 18.6 Å². The average molecular weight is 275 g/mol. The van der Waals surface area contributed by atoms with E-state index in [1.807, 2.05) is 20.8 Å². The summed E-state index contributed by atoms with van der Waals surface area (Å²) in [4.78, 5) is 11.8. The van der Waals surface area contributed by atoms with Crippen LogP contribution in [0.2, 0.25) is 0 Å². The molecule has 0 saturated carbocycles. The predicted octanol–water partition coefficient (Wildman–Crippen LogP) is 3.56. The average Bonchev–Trinajstić information content (AvgIpc) is 2.36. The minimum atomic E-state index is -0.419. The van der Waals surface area contributed by atoms with Crippen LogP contribution in [0, 0.1) is 0 Å². The van der Waals surface area contributed by atoms with Crippen molar-refractivity contribution < 1.29 is 9.53 Å². The third-order valence-corrected chi connectivity index (χ3v) is 3.70. The first-order chi connectivity index (χ1) is 9.37. The van der Waals surface area contributed by atoms with Crippen LogP contribution in [0.4, 0.5) is 0 Å². The van der Waals surface area contributed by atoms with Gasteiger partial charge in [-0.15, -0.1) is 0 Å². The summed E-state index contributed by atoms with van der Waals surface area (Å²) in [5.74, 6) is 0.416. The molecule has 1 aromatic carbocycles. The predicted molar refractivity (Wildman–Crippen MR) is 80.7 cm³/mol. The molecule has 0 aromatic heterocycles. The molecular weight excluding hydrogens is 250 g/mol. The van der Waals surface area contributed by atoms with Gasteiger partial charge in [-0.3, -0.25) is 4.79 Å². The van der Waals surface area contributed by atoms with Crippen molar-refractivity contribution in [2.45, 2.75) is 58.1 Å². The first-order valence-electron chi connectivity index (χ1n) is 7.41. The number of nitrogens with one attached hydrogen (secondary N) is 1. The van der Waals surface area contributed by atoms with E-state index in [4.69, 9.17) is 4.74 Å². The molecule has 0 saturated heterocycles. The molecule has 3 nitrogen and oxygen atoms in total. The smallest absolute Gasteiger partial charge is 0.320 e. The number of benzene rings is 1. The zero-order valence-electron chi connectivity index (χ0n) is 12.9. The summed E-state index contributed by atoms with van der Waals surface area (Å²) in [7, 11) is 0. The third kappa shape index (κ3) is 3.83. The number of rotatable bonds is 3. The Bertz CT molecular complexity index is 476. The van der Waals surface area contributed by atoms with Gasteiger partial charge in [0, 0.05) is 6.04 Å². The lowest BCUT2D eigenvalue weighted by Crippen LogP contribution is -2.34. The Hall–Kier alpha value is -1.35. The van der Waals surface area contributed by atoms with Crippen LogP contribution < -0.4 is 5.32 Å². The summed E-state index contributed by atoms with van der Waals surface area (Å²) in [5, 5.41) is 3.35. The van der Waals surface area contributed by atoms with E-state index < -0.39 is 5.60 Å². The fourth-order valence-corrected chi connectivity index (χ4v) is 2.80. The number of fused-ring (bicyclic) bond motifs is 1. The first-order valence-corrected chi connectivity index (χ1v) is 7.41. The summed E-state index contributed by atoms with van der Waals surface area (Å²) >= 11 is 0. The van der Waals surface area contributed by atoms with Gasteiger partial charge in [0.25, 0.3) is 0 Å². The normalized spacial score (nSPS) is 22.2. The second-order valence-electron chi connectivity index (χ2n) is 6.63. The fraction of sp³-hybridized carbons (Fsp3) is 0.588. The maximum atomic E-state index is 11.8. The molecule has 1 aliphatic carbocycles. The van der Waals surface area contributed by atoms with Crippen molar-refractivity contribution in [3.63, 3.8) is 0 Å². The fourth-order valence-electron chi connectivity index (χ4n) is 2.80. The molecule has 2 atom stereocenters. The maximum Gasteiger partial charge on any atom is 0.320 e. The number of esters is 1. The lowest BCUT2D eigenvalue weighted by molar-refractivity contribution is -0.153. The van der Waals surface area contributed by atoms with Crippen molar-refractivity contribution in [3.05, 3.63) is 35.4 Å². The zero-order valence-corrected chi connectivity index (χ0v) is 12.9. The van der Waals surface area contributed by atoms with Gasteiger partial charge in [-0.25, -0.2) is 0 Å². The van der Waals surface area contributed by atoms with Crippen molar-refractivity contribution in [2.75, 3.05) is 6.54 Å². The summed E-state index contributed by atoms with van der Waals surface area (Å²) in [6, 6.07) is 8.78. The first kappa shape index (κ1) is 15.0. The molecular formula is C17H25NO2. The molecule has 0 heterocycles. The Morgan fingerprint density at radius 1 is 1.25 bits per heavy atom. The lowest BCUT2D eigenvalue weighted by Gasteiger charge is -2.30. The molecule has 0 fully saturated rings. The van der Waals surface area contributed by atoms with Crippen LogP contribution in [0.1, 0.15) is 63.6 Å². The van der Waals surface area contributed by atoms with Gasteiger partial charge < -0.3 is 10.1 Å². The Balaban J connectivity index is 1.98. The summed E-state index contributed by atoms with van der Waals surface area (Å²) in [6.07, 6.45) is 2.23. The molecule has 2 unspecified atom stereocenters. The Morgan fingerprint density at radius 3 is 2.55 bits per heavy atom. The van der Waals surface area contributed by atoms with Gasteiger partial charge in [-0.2, -0.15) is 0 Å². The van der Waals surface area contributed by atoms with E-state index in [9.17, 15) is 4.79 Å². The molecule has 0 radical (unpaired) electrons. The van der Waals surface area contributed by atoms with E-state index >= 15 is 0 Å². The van der Waals surface area contributed by atoms with Crippen molar-refractivity contribution in [1.29, 1.82) is 0 Å². The van der Waals surface area contributed by atoms with Crippen LogP contribution in [-0.4, -0.2) is 18.1 Å². The van der Waals surface area contributed by atoms with Crippen molar-refractivity contribution in [2.24, 2.45) is 0 Å². The molecule has 2 rings (SSSR count). The number of carbonyl (C=O) groups is 1. The van der Waals surface area contributed by atoms with E-state index in [2.05, 4.69) is 36.5 Å². The van der Waals surface area contributed by atoms with E-state index in [1.165, 1.54) is 11.1 Å².